The summed E-state index contributed by atoms with van der Waals surface area (Å²) in [6.45, 7) is 1.48. The summed E-state index contributed by atoms with van der Waals surface area (Å²) in [5.41, 5.74) is 2.98. The average molecular weight is 374 g/mol. The second-order valence-corrected chi connectivity index (χ2v) is 6.05. The van der Waals surface area contributed by atoms with Gasteiger partial charge in [0.1, 0.15) is 6.61 Å². The van der Waals surface area contributed by atoms with Crippen LogP contribution in [-0.4, -0.2) is 49.5 Å². The van der Waals surface area contributed by atoms with Crippen molar-refractivity contribution in [3.8, 4) is 11.5 Å². The number of methoxy groups -OCH3 is 1. The Labute approximate surface area is 160 Å². The molecule has 0 spiro atoms. The van der Waals surface area contributed by atoms with Crippen molar-refractivity contribution in [2.75, 3.05) is 34.4 Å². The molecule has 1 aromatic heterocycles. The minimum Gasteiger partial charge on any atom is -0.493 e. The lowest BCUT2D eigenvalue weighted by Crippen LogP contribution is -2.19. The topological polar surface area (TPSA) is 50.4 Å². The molecule has 6 heteroatoms. The third kappa shape index (κ3) is 4.77. The van der Waals surface area contributed by atoms with Gasteiger partial charge in [-0.3, -0.25) is 5.10 Å². The molecular weight excluding hydrogens is 350 g/mol. The van der Waals surface area contributed by atoms with E-state index in [0.717, 1.165) is 40.2 Å². The van der Waals surface area contributed by atoms with Crippen LogP contribution in [-0.2, 0) is 0 Å². The fraction of sp³-hybridized carbons (Fsp3) is 0.250. The number of ether oxygens (including phenoxy) is 2. The smallest absolute Gasteiger partial charge is 0.161 e. The first-order chi connectivity index (χ1) is 12.2. The maximum absolute atomic E-state index is 5.79. The van der Waals surface area contributed by atoms with Gasteiger partial charge in [0, 0.05) is 11.9 Å². The maximum Gasteiger partial charge on any atom is 0.161 e. The molecule has 0 aliphatic heterocycles. The highest BCUT2D eigenvalue weighted by atomic mass is 35.5. The van der Waals surface area contributed by atoms with Gasteiger partial charge in [-0.2, -0.15) is 5.10 Å². The summed E-state index contributed by atoms with van der Waals surface area (Å²) in [4.78, 5) is 2.08. The summed E-state index contributed by atoms with van der Waals surface area (Å²) in [5.74, 6) is 1.49. The lowest BCUT2D eigenvalue weighted by molar-refractivity contribution is 0.250. The summed E-state index contributed by atoms with van der Waals surface area (Å²) < 4.78 is 11.3. The summed E-state index contributed by atoms with van der Waals surface area (Å²) in [6, 6.07) is 14.0. The van der Waals surface area contributed by atoms with Crippen molar-refractivity contribution in [2.45, 2.75) is 0 Å². The number of likely N-dealkylation sites (N-methyl/N-ethyl adjacent to an activating group) is 1. The van der Waals surface area contributed by atoms with E-state index in [0.29, 0.717) is 6.61 Å². The lowest BCUT2D eigenvalue weighted by atomic mass is 10.1. The predicted octanol–water partition coefficient (Wildman–Crippen LogP) is 4.10. The standard InChI is InChI=1S/C20H23N3O2.ClH/c1-23(2)12-13-25-19-11-9-15(14-20(19)24-3)8-10-18-16-6-4-5-7-17(16)21-22-18;/h4-11,14H,12-13H2,1-3H3,(H,21,22);1H. The SMILES string of the molecule is COc1cc(C=Cc2n[nH]c3ccccc23)ccc1OCCN(C)C.Cl. The minimum atomic E-state index is 0. The second kappa shape index (κ2) is 9.27. The minimum absolute atomic E-state index is 0. The van der Waals surface area contributed by atoms with Crippen molar-refractivity contribution in [3.63, 3.8) is 0 Å². The highest BCUT2D eigenvalue weighted by Gasteiger charge is 2.06. The molecule has 0 aliphatic rings. The highest BCUT2D eigenvalue weighted by Crippen LogP contribution is 2.29. The number of aromatic nitrogens is 2. The van der Waals surface area contributed by atoms with E-state index in [9.17, 15) is 0 Å². The Morgan fingerprint density at radius 3 is 2.65 bits per heavy atom. The highest BCUT2D eigenvalue weighted by molar-refractivity contribution is 5.89. The van der Waals surface area contributed by atoms with Gasteiger partial charge in [-0.25, -0.2) is 0 Å². The molecule has 3 rings (SSSR count). The zero-order valence-corrected chi connectivity index (χ0v) is 16.0. The Hall–Kier alpha value is -2.50. The first kappa shape index (κ1) is 19.8. The largest absolute Gasteiger partial charge is 0.493 e. The van der Waals surface area contributed by atoms with Crippen molar-refractivity contribution in [1.29, 1.82) is 0 Å². The van der Waals surface area contributed by atoms with Crippen LogP contribution in [0.25, 0.3) is 23.1 Å². The molecule has 5 nitrogen and oxygen atoms in total. The van der Waals surface area contributed by atoms with Crippen LogP contribution in [0, 0.1) is 0 Å². The number of para-hydroxylation sites is 1. The van der Waals surface area contributed by atoms with Gasteiger partial charge in [0.05, 0.1) is 18.3 Å². The summed E-state index contributed by atoms with van der Waals surface area (Å²) >= 11 is 0. The van der Waals surface area contributed by atoms with Crippen molar-refractivity contribution >= 4 is 35.5 Å². The van der Waals surface area contributed by atoms with Crippen LogP contribution >= 0.6 is 12.4 Å². The molecule has 0 bridgehead atoms. The Morgan fingerprint density at radius 2 is 1.88 bits per heavy atom. The van der Waals surface area contributed by atoms with E-state index in [1.54, 1.807) is 7.11 Å². The molecule has 1 heterocycles. The summed E-state index contributed by atoms with van der Waals surface area (Å²) in [7, 11) is 5.70. The van der Waals surface area contributed by atoms with Crippen molar-refractivity contribution in [1.82, 2.24) is 15.1 Å². The second-order valence-electron chi connectivity index (χ2n) is 6.05. The van der Waals surface area contributed by atoms with E-state index in [-0.39, 0.29) is 12.4 Å². The van der Waals surface area contributed by atoms with E-state index in [1.165, 1.54) is 0 Å². The van der Waals surface area contributed by atoms with E-state index in [2.05, 4.69) is 21.2 Å². The summed E-state index contributed by atoms with van der Waals surface area (Å²) in [6.07, 6.45) is 4.02. The van der Waals surface area contributed by atoms with Crippen LogP contribution in [0.5, 0.6) is 11.5 Å². The van der Waals surface area contributed by atoms with Crippen molar-refractivity contribution < 1.29 is 9.47 Å². The van der Waals surface area contributed by atoms with E-state index < -0.39 is 0 Å². The van der Waals surface area contributed by atoms with Crippen molar-refractivity contribution in [3.05, 3.63) is 53.7 Å². The number of hydrogen-bond acceptors (Lipinski definition) is 4. The Kier molecular flexibility index (Phi) is 7.06. The third-order valence-electron chi connectivity index (χ3n) is 3.92. The number of aromatic amines is 1. The number of benzene rings is 2. The van der Waals surface area contributed by atoms with Crippen molar-refractivity contribution in [2.24, 2.45) is 0 Å². The first-order valence-electron chi connectivity index (χ1n) is 8.24. The predicted molar refractivity (Wildman–Crippen MR) is 109 cm³/mol. The molecule has 0 atom stereocenters. The molecule has 0 fully saturated rings. The maximum atomic E-state index is 5.79. The number of hydrogen-bond donors (Lipinski definition) is 1. The van der Waals surface area contributed by atoms with Gasteiger partial charge in [-0.15, -0.1) is 12.4 Å². The molecule has 26 heavy (non-hydrogen) atoms. The summed E-state index contributed by atoms with van der Waals surface area (Å²) in [5, 5.41) is 8.50. The molecule has 0 aliphatic carbocycles. The van der Waals surface area contributed by atoms with Crippen LogP contribution in [0.2, 0.25) is 0 Å². The molecule has 0 saturated heterocycles. The van der Waals surface area contributed by atoms with Crippen LogP contribution < -0.4 is 9.47 Å². The average Bonchev–Trinajstić information content (AvgIpc) is 3.03. The monoisotopic (exact) mass is 373 g/mol. The van der Waals surface area contributed by atoms with Crippen LogP contribution in [0.15, 0.2) is 42.5 Å². The number of nitrogens with zero attached hydrogens (tertiary/aromatic N) is 2. The first-order valence-corrected chi connectivity index (χ1v) is 8.24. The lowest BCUT2D eigenvalue weighted by Gasteiger charge is -2.13. The van der Waals surface area contributed by atoms with E-state index in [1.807, 2.05) is 62.6 Å². The fourth-order valence-corrected chi connectivity index (χ4v) is 2.53. The number of H-pyrrole nitrogens is 1. The zero-order valence-electron chi connectivity index (χ0n) is 15.2. The van der Waals surface area contributed by atoms with Gasteiger partial charge < -0.3 is 14.4 Å². The van der Waals surface area contributed by atoms with Gasteiger partial charge in [0.25, 0.3) is 0 Å². The molecule has 1 N–H and O–H groups in total. The number of fused-ring (bicyclic) bond motifs is 1. The van der Waals surface area contributed by atoms with Gasteiger partial charge in [-0.1, -0.05) is 30.3 Å². The van der Waals surface area contributed by atoms with E-state index in [4.69, 9.17) is 9.47 Å². The molecule has 3 aromatic rings. The molecule has 0 amide bonds. The molecule has 0 radical (unpaired) electrons. The molecular formula is C20H24ClN3O2. The fourth-order valence-electron chi connectivity index (χ4n) is 2.53. The molecule has 2 aromatic carbocycles. The normalized spacial score (nSPS) is 11.1. The number of halogens is 1. The van der Waals surface area contributed by atoms with Gasteiger partial charge in [0.15, 0.2) is 11.5 Å². The quantitative estimate of drug-likeness (QED) is 0.677. The van der Waals surface area contributed by atoms with Gasteiger partial charge >= 0.3 is 0 Å². The molecule has 0 unspecified atom stereocenters. The van der Waals surface area contributed by atoms with Crippen LogP contribution in [0.1, 0.15) is 11.3 Å². The van der Waals surface area contributed by atoms with Gasteiger partial charge in [-0.05, 0) is 43.9 Å². The van der Waals surface area contributed by atoms with Gasteiger partial charge in [0.2, 0.25) is 0 Å². The Morgan fingerprint density at radius 1 is 1.08 bits per heavy atom. The Bertz CT molecular complexity index is 874. The van der Waals surface area contributed by atoms with E-state index >= 15 is 0 Å². The number of rotatable bonds is 7. The Balaban J connectivity index is 0.00000243. The number of nitrogens with one attached hydrogen (secondary N) is 1. The molecule has 138 valence electrons. The zero-order chi connectivity index (χ0) is 17.6. The third-order valence-corrected chi connectivity index (χ3v) is 3.92. The molecule has 0 saturated carbocycles. The van der Waals surface area contributed by atoms with Crippen LogP contribution in [0.4, 0.5) is 0 Å². The van der Waals surface area contributed by atoms with Crippen LogP contribution in [0.3, 0.4) is 0 Å².